The van der Waals surface area contributed by atoms with Crippen LogP contribution in [0.4, 0.5) is 4.79 Å². The first-order valence-corrected chi connectivity index (χ1v) is 12.0. The summed E-state index contributed by atoms with van der Waals surface area (Å²) >= 11 is 0. The molecule has 188 valence electrons. The number of carbonyl (C=O) groups is 2. The molecule has 4 rings (SSSR count). The van der Waals surface area contributed by atoms with Gasteiger partial charge in [0.05, 0.1) is 44.9 Å². The molecule has 7 heteroatoms. The molecule has 1 fully saturated rings. The Bertz CT molecular complexity index is 1110. The lowest BCUT2D eigenvalue weighted by atomic mass is 9.85. The molecule has 36 heavy (non-hydrogen) atoms. The van der Waals surface area contributed by atoms with Crippen molar-refractivity contribution >= 4 is 12.1 Å². The molecular weight excluding hydrogens is 458 g/mol. The van der Waals surface area contributed by atoms with Gasteiger partial charge in [-0.05, 0) is 16.7 Å². The number of carbonyl (C=O) groups excluding carboxylic acids is 2. The molecule has 1 aliphatic heterocycles. The summed E-state index contributed by atoms with van der Waals surface area (Å²) in [6, 6.07) is 27.0. The van der Waals surface area contributed by atoms with Crippen LogP contribution in [-0.2, 0) is 32.2 Å². The molecule has 0 aliphatic carbocycles. The van der Waals surface area contributed by atoms with Gasteiger partial charge < -0.3 is 19.3 Å². The van der Waals surface area contributed by atoms with Crippen molar-refractivity contribution in [3.63, 3.8) is 0 Å². The van der Waals surface area contributed by atoms with Crippen molar-refractivity contribution in [3.05, 3.63) is 108 Å². The number of aliphatic hydroxyl groups excluding tert-OH is 1. The molecule has 0 bridgehead atoms. The zero-order chi connectivity index (χ0) is 25.3. The van der Waals surface area contributed by atoms with E-state index in [4.69, 9.17) is 14.2 Å². The standard InChI is InChI=1S/C29H31NO6/c1-34-28(32)26-24(20-35-18-21-11-5-2-6-12-21)25(17-31)30(27(26)23-15-9-4-10-16-23)29(33)36-19-22-13-7-3-8-14-22/h2-16,24-27,31H,17-20H2,1H3/t24-,25-,26+,27+/m1/s1. The zero-order valence-electron chi connectivity index (χ0n) is 20.2. The molecule has 4 atom stereocenters. The highest BCUT2D eigenvalue weighted by Crippen LogP contribution is 2.46. The maximum atomic E-state index is 13.5. The number of likely N-dealkylation sites (tertiary alicyclic amines) is 1. The summed E-state index contributed by atoms with van der Waals surface area (Å²) in [5.74, 6) is -1.70. The van der Waals surface area contributed by atoms with Crippen molar-refractivity contribution in [3.8, 4) is 0 Å². The summed E-state index contributed by atoms with van der Waals surface area (Å²) in [6.07, 6.45) is -0.605. The van der Waals surface area contributed by atoms with Crippen LogP contribution in [0.5, 0.6) is 0 Å². The molecule has 1 aliphatic rings. The number of rotatable bonds is 9. The van der Waals surface area contributed by atoms with Crippen LogP contribution in [0.2, 0.25) is 0 Å². The van der Waals surface area contributed by atoms with Crippen LogP contribution in [0, 0.1) is 11.8 Å². The largest absolute Gasteiger partial charge is 0.469 e. The Kier molecular flexibility index (Phi) is 8.71. The SMILES string of the molecule is COC(=O)[C@H]1[C@H](COCc2ccccc2)[C@@H](CO)N(C(=O)OCc2ccccc2)[C@H]1c1ccccc1. The number of aliphatic hydroxyl groups is 1. The monoisotopic (exact) mass is 489 g/mol. The van der Waals surface area contributed by atoms with E-state index in [1.54, 1.807) is 0 Å². The van der Waals surface area contributed by atoms with Crippen LogP contribution in [0.15, 0.2) is 91.0 Å². The van der Waals surface area contributed by atoms with Gasteiger partial charge in [-0.25, -0.2) is 4.79 Å². The van der Waals surface area contributed by atoms with Crippen molar-refractivity contribution in [2.45, 2.75) is 25.3 Å². The van der Waals surface area contributed by atoms with E-state index < -0.39 is 36.0 Å². The average Bonchev–Trinajstić information content (AvgIpc) is 3.27. The minimum absolute atomic E-state index is 0.0773. The Morgan fingerprint density at radius 2 is 1.39 bits per heavy atom. The third-order valence-electron chi connectivity index (χ3n) is 6.59. The molecule has 1 heterocycles. The van der Waals surface area contributed by atoms with Crippen molar-refractivity contribution in [2.75, 3.05) is 20.3 Å². The fraction of sp³-hybridized carbons (Fsp3) is 0.310. The minimum atomic E-state index is -0.741. The fourth-order valence-electron chi connectivity index (χ4n) is 4.88. The van der Waals surface area contributed by atoms with Crippen LogP contribution < -0.4 is 0 Å². The lowest BCUT2D eigenvalue weighted by Crippen LogP contribution is -2.42. The second kappa shape index (κ2) is 12.3. The summed E-state index contributed by atoms with van der Waals surface area (Å²) < 4.78 is 16.8. The van der Waals surface area contributed by atoms with Gasteiger partial charge in [-0.15, -0.1) is 0 Å². The second-order valence-corrected chi connectivity index (χ2v) is 8.77. The van der Waals surface area contributed by atoms with Gasteiger partial charge in [0, 0.05) is 5.92 Å². The first-order chi connectivity index (χ1) is 17.6. The molecule has 1 saturated heterocycles. The molecule has 3 aromatic rings. The number of ether oxygens (including phenoxy) is 3. The first kappa shape index (κ1) is 25.4. The second-order valence-electron chi connectivity index (χ2n) is 8.77. The molecule has 0 radical (unpaired) electrons. The van der Waals surface area contributed by atoms with E-state index in [0.29, 0.717) is 6.61 Å². The zero-order valence-corrected chi connectivity index (χ0v) is 20.2. The maximum absolute atomic E-state index is 13.5. The highest BCUT2D eigenvalue weighted by Gasteiger charge is 2.55. The summed E-state index contributed by atoms with van der Waals surface area (Å²) in [5, 5.41) is 10.4. The van der Waals surface area contributed by atoms with Crippen LogP contribution >= 0.6 is 0 Å². The van der Waals surface area contributed by atoms with E-state index in [9.17, 15) is 14.7 Å². The van der Waals surface area contributed by atoms with E-state index in [2.05, 4.69) is 0 Å². The number of hydrogen-bond acceptors (Lipinski definition) is 6. The third kappa shape index (κ3) is 5.75. The summed E-state index contributed by atoms with van der Waals surface area (Å²) in [4.78, 5) is 28.1. The fourth-order valence-corrected chi connectivity index (χ4v) is 4.88. The number of amides is 1. The van der Waals surface area contributed by atoms with E-state index >= 15 is 0 Å². The van der Waals surface area contributed by atoms with Gasteiger partial charge in [0.1, 0.15) is 6.61 Å². The molecule has 0 unspecified atom stereocenters. The molecule has 1 N–H and O–H groups in total. The number of esters is 1. The average molecular weight is 490 g/mol. The molecule has 7 nitrogen and oxygen atoms in total. The smallest absolute Gasteiger partial charge is 0.410 e. The highest BCUT2D eigenvalue weighted by atomic mass is 16.6. The third-order valence-corrected chi connectivity index (χ3v) is 6.59. The lowest BCUT2D eigenvalue weighted by Gasteiger charge is -2.30. The quantitative estimate of drug-likeness (QED) is 0.450. The Hall–Kier alpha value is -3.68. The molecule has 0 saturated carbocycles. The Morgan fingerprint density at radius 3 is 1.94 bits per heavy atom. The highest BCUT2D eigenvalue weighted by molar-refractivity contribution is 5.78. The number of benzene rings is 3. The van der Waals surface area contributed by atoms with E-state index in [1.165, 1.54) is 12.0 Å². The van der Waals surface area contributed by atoms with Gasteiger partial charge >= 0.3 is 12.1 Å². The van der Waals surface area contributed by atoms with E-state index in [1.807, 2.05) is 91.0 Å². The Morgan fingerprint density at radius 1 is 0.833 bits per heavy atom. The molecule has 1 amide bonds. The van der Waals surface area contributed by atoms with Gasteiger partial charge in [-0.3, -0.25) is 9.69 Å². The number of methoxy groups -OCH3 is 1. The van der Waals surface area contributed by atoms with Gasteiger partial charge in [-0.1, -0.05) is 91.0 Å². The van der Waals surface area contributed by atoms with Crippen LogP contribution in [0.3, 0.4) is 0 Å². The summed E-state index contributed by atoms with van der Waals surface area (Å²) in [7, 11) is 1.33. The molecule has 0 spiro atoms. The minimum Gasteiger partial charge on any atom is -0.469 e. The normalized spacial score (nSPS) is 21.2. The predicted molar refractivity (Wildman–Crippen MR) is 134 cm³/mol. The molecule has 0 aromatic heterocycles. The van der Waals surface area contributed by atoms with Gasteiger partial charge in [0.15, 0.2) is 0 Å². The van der Waals surface area contributed by atoms with Crippen LogP contribution in [0.1, 0.15) is 22.7 Å². The van der Waals surface area contributed by atoms with Crippen LogP contribution in [-0.4, -0.2) is 48.4 Å². The van der Waals surface area contributed by atoms with E-state index in [0.717, 1.165) is 16.7 Å². The maximum Gasteiger partial charge on any atom is 0.410 e. The topological polar surface area (TPSA) is 85.3 Å². The first-order valence-electron chi connectivity index (χ1n) is 12.0. The van der Waals surface area contributed by atoms with Crippen molar-refractivity contribution in [1.29, 1.82) is 0 Å². The number of nitrogens with zero attached hydrogens (tertiary/aromatic N) is 1. The van der Waals surface area contributed by atoms with E-state index in [-0.39, 0.29) is 19.8 Å². The van der Waals surface area contributed by atoms with Crippen molar-refractivity contribution in [1.82, 2.24) is 4.90 Å². The summed E-state index contributed by atoms with van der Waals surface area (Å²) in [6.45, 7) is 0.230. The van der Waals surface area contributed by atoms with Crippen molar-refractivity contribution < 1.29 is 28.9 Å². The van der Waals surface area contributed by atoms with Gasteiger partial charge in [0.2, 0.25) is 0 Å². The molecular formula is C29H31NO6. The van der Waals surface area contributed by atoms with Crippen LogP contribution in [0.25, 0.3) is 0 Å². The van der Waals surface area contributed by atoms with Gasteiger partial charge in [0.25, 0.3) is 0 Å². The number of hydrogen-bond donors (Lipinski definition) is 1. The Labute approximate surface area is 211 Å². The van der Waals surface area contributed by atoms with Crippen molar-refractivity contribution in [2.24, 2.45) is 11.8 Å². The lowest BCUT2D eigenvalue weighted by molar-refractivity contribution is -0.148. The Balaban J connectivity index is 1.63. The predicted octanol–water partition coefficient (Wildman–Crippen LogP) is 4.36. The van der Waals surface area contributed by atoms with Gasteiger partial charge in [-0.2, -0.15) is 0 Å². The molecule has 3 aromatic carbocycles. The summed E-state index contributed by atoms with van der Waals surface area (Å²) in [5.41, 5.74) is 2.59.